The third-order valence-electron chi connectivity index (χ3n) is 7.98. The molecule has 4 atom stereocenters. The van der Waals surface area contributed by atoms with Gasteiger partial charge >= 0.3 is 0 Å². The minimum atomic E-state index is -0.310. The Morgan fingerprint density at radius 1 is 0.862 bits per heavy atom. The molecular weight excluding hydrogens is 366 g/mol. The Balaban J connectivity index is 0.000000166. The molecule has 29 heavy (non-hydrogen) atoms. The summed E-state index contributed by atoms with van der Waals surface area (Å²) in [7, 11) is 1.90. The van der Waals surface area contributed by atoms with Crippen LogP contribution < -0.4 is 5.32 Å². The maximum absolute atomic E-state index is 12.4. The highest BCUT2D eigenvalue weighted by Crippen LogP contribution is 2.37. The Morgan fingerprint density at radius 3 is 1.86 bits per heavy atom. The number of nitrogens with zero attached hydrogens (tertiary/aromatic N) is 4. The number of hydrazine groups is 2. The molecule has 4 aliphatic rings. The van der Waals surface area contributed by atoms with Gasteiger partial charge in [-0.15, -0.1) is 0 Å². The van der Waals surface area contributed by atoms with E-state index >= 15 is 0 Å². The van der Waals surface area contributed by atoms with Crippen molar-refractivity contribution in [3.05, 3.63) is 0 Å². The van der Waals surface area contributed by atoms with E-state index in [1.165, 1.54) is 0 Å². The van der Waals surface area contributed by atoms with Crippen molar-refractivity contribution in [1.82, 2.24) is 25.4 Å². The molecule has 166 valence electrons. The quantitative estimate of drug-likeness (QED) is 0.778. The molecular formula is C22H41N5O2. The topological polar surface area (TPSA) is 59.1 Å². The molecule has 0 aromatic heterocycles. The van der Waals surface area contributed by atoms with E-state index in [0.29, 0.717) is 18.0 Å². The highest BCUT2D eigenvalue weighted by atomic mass is 16.2. The van der Waals surface area contributed by atoms with Gasteiger partial charge in [0.15, 0.2) is 0 Å². The van der Waals surface area contributed by atoms with E-state index in [-0.39, 0.29) is 16.9 Å². The first-order chi connectivity index (χ1) is 13.7. The first kappa shape index (κ1) is 22.5. The van der Waals surface area contributed by atoms with Crippen molar-refractivity contribution < 1.29 is 9.59 Å². The molecule has 0 bridgehead atoms. The van der Waals surface area contributed by atoms with Gasteiger partial charge in [-0.05, 0) is 59.4 Å². The van der Waals surface area contributed by atoms with Gasteiger partial charge in [0.2, 0.25) is 5.91 Å². The third-order valence-corrected chi connectivity index (χ3v) is 7.98. The van der Waals surface area contributed by atoms with Gasteiger partial charge in [-0.3, -0.25) is 19.6 Å². The van der Waals surface area contributed by atoms with Crippen molar-refractivity contribution in [3.8, 4) is 0 Å². The second kappa shape index (κ2) is 8.52. The number of carbonyl (C=O) groups excluding carboxylic acids is 2. The maximum Gasteiger partial charge on any atom is 0.257 e. The lowest BCUT2D eigenvalue weighted by atomic mass is 9.81. The predicted octanol–water partition coefficient (Wildman–Crippen LogP) is 2.24. The van der Waals surface area contributed by atoms with Crippen molar-refractivity contribution in [1.29, 1.82) is 0 Å². The van der Waals surface area contributed by atoms with Gasteiger partial charge < -0.3 is 5.32 Å². The van der Waals surface area contributed by atoms with Gasteiger partial charge in [0.05, 0.1) is 0 Å². The average Bonchev–Trinajstić information content (AvgIpc) is 3.29. The second-order valence-corrected chi connectivity index (χ2v) is 9.58. The van der Waals surface area contributed by atoms with E-state index in [1.54, 1.807) is 0 Å². The third kappa shape index (κ3) is 3.81. The van der Waals surface area contributed by atoms with E-state index in [2.05, 4.69) is 50.0 Å². The molecule has 0 aromatic rings. The van der Waals surface area contributed by atoms with Gasteiger partial charge in [0.1, 0.15) is 5.54 Å². The average molecular weight is 408 g/mol. The molecule has 1 N–H and O–H groups in total. The molecule has 4 fully saturated rings. The zero-order valence-electron chi connectivity index (χ0n) is 19.3. The fourth-order valence-electron chi connectivity index (χ4n) is 5.26. The van der Waals surface area contributed by atoms with Crippen molar-refractivity contribution in [2.45, 2.75) is 90.8 Å². The summed E-state index contributed by atoms with van der Waals surface area (Å²) >= 11 is 0. The summed E-state index contributed by atoms with van der Waals surface area (Å²) in [6, 6.07) is 0.783. The molecule has 7 nitrogen and oxygen atoms in total. The van der Waals surface area contributed by atoms with E-state index in [1.807, 2.05) is 17.1 Å². The predicted molar refractivity (Wildman–Crippen MR) is 115 cm³/mol. The molecule has 0 spiro atoms. The fourth-order valence-corrected chi connectivity index (χ4v) is 5.26. The van der Waals surface area contributed by atoms with Crippen LogP contribution in [0.3, 0.4) is 0 Å². The van der Waals surface area contributed by atoms with Crippen molar-refractivity contribution in [2.75, 3.05) is 33.2 Å². The molecule has 0 radical (unpaired) electrons. The molecule has 7 heteroatoms. The summed E-state index contributed by atoms with van der Waals surface area (Å²) in [5.41, 5.74) is -0.413. The Kier molecular flexibility index (Phi) is 6.61. The number of rotatable bonds is 3. The Labute approximate surface area is 176 Å². The standard InChI is InChI=1S/C11H21N3O.C11H20N2O/c1-4-11(12-3)6-8-13-7-5-9(2)14(13)10(11)15;1-4-11(3)6-8-12-7-5-9(2)13(12)10(11)14/h9,12H,4-8H2,1-3H3;9H,4-8H2,1-3H3/t2*9-,11-/m11/s1. The minimum Gasteiger partial charge on any atom is -0.306 e. The zero-order valence-corrected chi connectivity index (χ0v) is 19.3. The van der Waals surface area contributed by atoms with Crippen molar-refractivity contribution >= 4 is 11.8 Å². The summed E-state index contributed by atoms with van der Waals surface area (Å²) < 4.78 is 0. The number of fused-ring (bicyclic) bond motifs is 2. The number of amides is 2. The second-order valence-electron chi connectivity index (χ2n) is 9.58. The van der Waals surface area contributed by atoms with Gasteiger partial charge in [0, 0.05) is 43.7 Å². The van der Waals surface area contributed by atoms with Crippen LogP contribution in [0, 0.1) is 5.41 Å². The highest BCUT2D eigenvalue weighted by molar-refractivity contribution is 5.87. The summed E-state index contributed by atoms with van der Waals surface area (Å²) in [6.45, 7) is 14.8. The molecule has 4 rings (SSSR count). The Bertz CT molecular complexity index is 622. The lowest BCUT2D eigenvalue weighted by Crippen LogP contribution is -2.65. The first-order valence-corrected chi connectivity index (χ1v) is 11.6. The molecule has 4 saturated heterocycles. The lowest BCUT2D eigenvalue weighted by molar-refractivity contribution is -0.168. The van der Waals surface area contributed by atoms with E-state index in [4.69, 9.17) is 0 Å². The van der Waals surface area contributed by atoms with Crippen LogP contribution in [-0.2, 0) is 9.59 Å². The molecule has 0 unspecified atom stereocenters. The highest BCUT2D eigenvalue weighted by Gasteiger charge is 2.48. The number of hydrogen-bond donors (Lipinski definition) is 1. The van der Waals surface area contributed by atoms with E-state index in [9.17, 15) is 9.59 Å². The number of likely N-dealkylation sites (N-methyl/N-ethyl adjacent to an activating group) is 1. The number of carbonyl (C=O) groups is 2. The largest absolute Gasteiger partial charge is 0.306 e. The molecule has 4 aliphatic heterocycles. The smallest absolute Gasteiger partial charge is 0.257 e. The van der Waals surface area contributed by atoms with Crippen molar-refractivity contribution in [2.24, 2.45) is 5.41 Å². The molecule has 0 aromatic carbocycles. The van der Waals surface area contributed by atoms with Crippen LogP contribution in [0.4, 0.5) is 0 Å². The Hall–Kier alpha value is -1.18. The summed E-state index contributed by atoms with van der Waals surface area (Å²) in [5, 5.41) is 11.6. The van der Waals surface area contributed by atoms with Gasteiger partial charge in [-0.2, -0.15) is 0 Å². The van der Waals surface area contributed by atoms with Crippen LogP contribution in [0.1, 0.15) is 73.1 Å². The van der Waals surface area contributed by atoms with Gasteiger partial charge in [0.25, 0.3) is 5.91 Å². The fraction of sp³-hybridized carbons (Fsp3) is 0.909. The Morgan fingerprint density at radius 2 is 1.38 bits per heavy atom. The van der Waals surface area contributed by atoms with Crippen LogP contribution >= 0.6 is 0 Å². The number of nitrogens with one attached hydrogen (secondary N) is 1. The molecule has 4 heterocycles. The number of hydrogen-bond acceptors (Lipinski definition) is 5. The van der Waals surface area contributed by atoms with Crippen LogP contribution in [0.5, 0.6) is 0 Å². The normalized spacial score (nSPS) is 38.0. The van der Waals surface area contributed by atoms with Crippen LogP contribution in [0.2, 0.25) is 0 Å². The lowest BCUT2D eigenvalue weighted by Gasteiger charge is -2.45. The summed E-state index contributed by atoms with van der Waals surface area (Å²) in [5.74, 6) is 0.611. The monoisotopic (exact) mass is 407 g/mol. The van der Waals surface area contributed by atoms with Gasteiger partial charge in [-0.1, -0.05) is 20.8 Å². The van der Waals surface area contributed by atoms with Crippen LogP contribution in [0.25, 0.3) is 0 Å². The van der Waals surface area contributed by atoms with Gasteiger partial charge in [-0.25, -0.2) is 10.0 Å². The van der Waals surface area contributed by atoms with E-state index < -0.39 is 0 Å². The van der Waals surface area contributed by atoms with Crippen LogP contribution in [0.15, 0.2) is 0 Å². The summed E-state index contributed by atoms with van der Waals surface area (Å²) in [4.78, 5) is 24.7. The molecule has 2 amide bonds. The SMILES string of the molecule is CC[C@@]1(NC)CCN2CC[C@@H](C)N2C1=O.CC[C@]1(C)CCN2CC[C@@H](C)N2C1=O. The summed E-state index contributed by atoms with van der Waals surface area (Å²) in [6.07, 6.45) is 6.02. The maximum atomic E-state index is 12.4. The minimum absolute atomic E-state index is 0.102. The van der Waals surface area contributed by atoms with Crippen molar-refractivity contribution in [3.63, 3.8) is 0 Å². The first-order valence-electron chi connectivity index (χ1n) is 11.6. The zero-order chi connectivity index (χ0) is 21.4. The molecule has 0 aliphatic carbocycles. The van der Waals surface area contributed by atoms with E-state index in [0.717, 1.165) is 64.7 Å². The van der Waals surface area contributed by atoms with Crippen LogP contribution in [-0.4, -0.2) is 82.7 Å². The molecule has 0 saturated carbocycles.